The lowest BCUT2D eigenvalue weighted by atomic mass is 9.87. The molecule has 1 aliphatic heterocycles. The molecule has 8 heteroatoms. The van der Waals surface area contributed by atoms with E-state index in [9.17, 15) is 17.6 Å². The van der Waals surface area contributed by atoms with Gasteiger partial charge in [0.2, 0.25) is 10.0 Å². The first kappa shape index (κ1) is 20.4. The molecular formula is C21H29FN2O4S. The van der Waals surface area contributed by atoms with Gasteiger partial charge in [-0.15, -0.1) is 0 Å². The van der Waals surface area contributed by atoms with E-state index in [0.717, 1.165) is 6.42 Å². The number of amides is 1. The zero-order valence-electron chi connectivity index (χ0n) is 17.4. The molecule has 2 saturated carbocycles. The number of carbonyl (C=O) groups is 1. The Bertz CT molecular complexity index is 924. The molecule has 0 bridgehead atoms. The second kappa shape index (κ2) is 6.59. The molecule has 3 aliphatic rings. The molecule has 1 amide bonds. The molecule has 0 aromatic heterocycles. The van der Waals surface area contributed by atoms with Crippen molar-refractivity contribution in [2.45, 2.75) is 63.2 Å². The van der Waals surface area contributed by atoms with Crippen LogP contribution in [0.25, 0.3) is 0 Å². The summed E-state index contributed by atoms with van der Waals surface area (Å²) < 4.78 is 47.4. The third-order valence-corrected chi connectivity index (χ3v) is 8.33. The van der Waals surface area contributed by atoms with Crippen molar-refractivity contribution in [3.8, 4) is 0 Å². The number of benzene rings is 1. The molecule has 1 heterocycles. The van der Waals surface area contributed by atoms with E-state index in [0.29, 0.717) is 37.2 Å². The lowest BCUT2D eigenvalue weighted by Gasteiger charge is -2.29. The predicted molar refractivity (Wildman–Crippen MR) is 109 cm³/mol. The quantitative estimate of drug-likeness (QED) is 0.778. The highest BCUT2D eigenvalue weighted by molar-refractivity contribution is 7.93. The molecular weight excluding hydrogens is 395 g/mol. The summed E-state index contributed by atoms with van der Waals surface area (Å²) in [6.07, 6.45) is 1.75. The van der Waals surface area contributed by atoms with Crippen LogP contribution in [0.3, 0.4) is 0 Å². The Morgan fingerprint density at radius 2 is 1.90 bits per heavy atom. The number of sulfonamides is 1. The maximum absolute atomic E-state index is 14.8. The summed E-state index contributed by atoms with van der Waals surface area (Å²) in [6.45, 7) is 8.59. The topological polar surface area (TPSA) is 75.7 Å². The minimum atomic E-state index is -3.40. The third-order valence-electron chi connectivity index (χ3n) is 6.46. The van der Waals surface area contributed by atoms with Gasteiger partial charge in [-0.25, -0.2) is 17.6 Å². The number of anilines is 1. The zero-order chi connectivity index (χ0) is 21.2. The Balaban J connectivity index is 1.53. The van der Waals surface area contributed by atoms with Gasteiger partial charge in [-0.3, -0.25) is 4.72 Å². The van der Waals surface area contributed by atoms with Crippen LogP contribution < -0.4 is 4.72 Å². The smallest absolute Gasteiger partial charge is 0.410 e. The number of likely N-dealkylation sites (tertiary alicyclic amines) is 1. The van der Waals surface area contributed by atoms with Gasteiger partial charge in [0.05, 0.1) is 5.25 Å². The van der Waals surface area contributed by atoms with Crippen LogP contribution in [0.1, 0.15) is 52.5 Å². The number of nitrogens with zero attached hydrogens (tertiary/aromatic N) is 1. The number of fused-ring (bicyclic) bond motifs is 1. The van der Waals surface area contributed by atoms with Crippen molar-refractivity contribution >= 4 is 21.8 Å². The summed E-state index contributed by atoms with van der Waals surface area (Å²) in [4.78, 5) is 14.1. The Hall–Kier alpha value is -1.83. The fourth-order valence-electron chi connectivity index (χ4n) is 4.90. The van der Waals surface area contributed by atoms with Gasteiger partial charge in [-0.05, 0) is 75.6 Å². The number of nitrogens with one attached hydrogen (secondary N) is 1. The van der Waals surface area contributed by atoms with Crippen molar-refractivity contribution in [1.82, 2.24) is 4.90 Å². The molecule has 0 radical (unpaired) electrons. The van der Waals surface area contributed by atoms with Gasteiger partial charge >= 0.3 is 6.09 Å². The van der Waals surface area contributed by atoms with Gasteiger partial charge in [0.25, 0.3) is 0 Å². The largest absolute Gasteiger partial charge is 0.444 e. The van der Waals surface area contributed by atoms with E-state index in [1.54, 1.807) is 11.0 Å². The van der Waals surface area contributed by atoms with Gasteiger partial charge in [-0.2, -0.15) is 0 Å². The van der Waals surface area contributed by atoms with Gasteiger partial charge in [-0.1, -0.05) is 6.92 Å². The molecule has 1 aromatic rings. The third kappa shape index (κ3) is 3.60. The standard InChI is InChI=1S/C21H29FN2O4S/c1-5-21(16-11-24(12-17(16)21)19(25)28-20(2,3)4)15-10-13(6-9-18(15)22)23-29(26,27)14-7-8-14/h6,9-10,14,16-17,23H,5,7-8,11-12H2,1-4H3/t16-,17+,21-. The number of hydrogen-bond acceptors (Lipinski definition) is 4. The van der Waals surface area contributed by atoms with E-state index in [1.165, 1.54) is 12.1 Å². The number of halogens is 1. The number of rotatable bonds is 5. The number of hydrogen-bond donors (Lipinski definition) is 1. The first-order valence-electron chi connectivity index (χ1n) is 10.3. The second-order valence-corrected chi connectivity index (χ2v) is 11.5. The first-order chi connectivity index (χ1) is 13.5. The zero-order valence-corrected chi connectivity index (χ0v) is 18.2. The molecule has 0 unspecified atom stereocenters. The van der Waals surface area contributed by atoms with Crippen LogP contribution in [0, 0.1) is 17.7 Å². The minimum absolute atomic E-state index is 0.157. The maximum atomic E-state index is 14.8. The van der Waals surface area contributed by atoms with E-state index in [2.05, 4.69) is 4.72 Å². The van der Waals surface area contributed by atoms with Crippen LogP contribution in [0.4, 0.5) is 14.9 Å². The first-order valence-corrected chi connectivity index (χ1v) is 11.8. The predicted octanol–water partition coefficient (Wildman–Crippen LogP) is 3.87. The molecule has 6 nitrogen and oxygen atoms in total. The molecule has 2 aliphatic carbocycles. The summed E-state index contributed by atoms with van der Waals surface area (Å²) >= 11 is 0. The average molecular weight is 425 g/mol. The van der Waals surface area contributed by atoms with Crippen LogP contribution in [0.15, 0.2) is 18.2 Å². The monoisotopic (exact) mass is 424 g/mol. The van der Waals surface area contributed by atoms with Crippen molar-refractivity contribution < 1.29 is 22.3 Å². The molecule has 29 heavy (non-hydrogen) atoms. The molecule has 1 aromatic carbocycles. The molecule has 4 rings (SSSR count). The molecule has 1 N–H and O–H groups in total. The van der Waals surface area contributed by atoms with Crippen molar-refractivity contribution in [3.05, 3.63) is 29.6 Å². The second-order valence-electron chi connectivity index (χ2n) is 9.53. The Kier molecular flexibility index (Phi) is 4.64. The van der Waals surface area contributed by atoms with Crippen LogP contribution in [0.2, 0.25) is 0 Å². The maximum Gasteiger partial charge on any atom is 0.410 e. The Morgan fingerprint density at radius 3 is 2.41 bits per heavy atom. The summed E-state index contributed by atoms with van der Waals surface area (Å²) in [7, 11) is -3.40. The average Bonchev–Trinajstić information content (AvgIpc) is 3.51. The van der Waals surface area contributed by atoms with Crippen LogP contribution in [0.5, 0.6) is 0 Å². The Morgan fingerprint density at radius 1 is 1.28 bits per heavy atom. The summed E-state index contributed by atoms with van der Waals surface area (Å²) in [6, 6.07) is 4.47. The van der Waals surface area contributed by atoms with Crippen molar-refractivity contribution in [3.63, 3.8) is 0 Å². The normalized spacial score (nSPS) is 28.8. The van der Waals surface area contributed by atoms with E-state index in [1.807, 2.05) is 27.7 Å². The summed E-state index contributed by atoms with van der Waals surface area (Å²) in [5.74, 6) is -0.00551. The lowest BCUT2D eigenvalue weighted by Crippen LogP contribution is -2.39. The van der Waals surface area contributed by atoms with Gasteiger partial charge < -0.3 is 9.64 Å². The minimum Gasteiger partial charge on any atom is -0.444 e. The lowest BCUT2D eigenvalue weighted by molar-refractivity contribution is 0.0260. The molecule has 1 saturated heterocycles. The van der Waals surface area contributed by atoms with Gasteiger partial charge in [0.1, 0.15) is 11.4 Å². The van der Waals surface area contributed by atoms with Gasteiger partial charge in [0.15, 0.2) is 0 Å². The van der Waals surface area contributed by atoms with E-state index in [-0.39, 0.29) is 34.4 Å². The van der Waals surface area contributed by atoms with Crippen LogP contribution >= 0.6 is 0 Å². The van der Waals surface area contributed by atoms with Crippen molar-refractivity contribution in [1.29, 1.82) is 0 Å². The van der Waals surface area contributed by atoms with E-state index < -0.39 is 15.6 Å². The fourth-order valence-corrected chi connectivity index (χ4v) is 6.27. The Labute approximate surface area is 171 Å². The van der Waals surface area contributed by atoms with E-state index in [4.69, 9.17) is 4.74 Å². The molecule has 3 fully saturated rings. The number of piperidine rings is 1. The fraction of sp³-hybridized carbons (Fsp3) is 0.667. The molecule has 3 atom stereocenters. The van der Waals surface area contributed by atoms with Crippen LogP contribution in [-0.2, 0) is 20.2 Å². The number of ether oxygens (including phenoxy) is 1. The molecule has 160 valence electrons. The highest BCUT2D eigenvalue weighted by Crippen LogP contribution is 2.66. The van der Waals surface area contributed by atoms with Crippen molar-refractivity contribution in [2.24, 2.45) is 11.8 Å². The highest BCUT2D eigenvalue weighted by atomic mass is 32.2. The van der Waals surface area contributed by atoms with Gasteiger partial charge in [0, 0.05) is 24.2 Å². The summed E-state index contributed by atoms with van der Waals surface area (Å²) in [5.41, 5.74) is 0.0547. The molecule has 0 spiro atoms. The highest BCUT2D eigenvalue weighted by Gasteiger charge is 2.69. The van der Waals surface area contributed by atoms with Crippen LogP contribution in [-0.4, -0.2) is 43.4 Å². The summed E-state index contributed by atoms with van der Waals surface area (Å²) in [5, 5.41) is -0.334. The number of carbonyl (C=O) groups excluding carboxylic acids is 1. The van der Waals surface area contributed by atoms with Crippen molar-refractivity contribution in [2.75, 3.05) is 17.8 Å². The SMILES string of the molecule is CC[C@@]1(c2cc(NS(=O)(=O)C3CC3)ccc2F)[C@@H]2CN(C(=O)OC(C)(C)C)C[C@@H]21. The van der Waals surface area contributed by atoms with E-state index >= 15 is 0 Å².